The van der Waals surface area contributed by atoms with Crippen LogP contribution in [-0.4, -0.2) is 26.5 Å². The van der Waals surface area contributed by atoms with Gasteiger partial charge in [-0.05, 0) is 0 Å². The van der Waals surface area contributed by atoms with Crippen LogP contribution in [-0.2, 0) is 6.42 Å². The number of rotatable bonds is 3. The zero-order chi connectivity index (χ0) is 8.10. The summed E-state index contributed by atoms with van der Waals surface area (Å²) in [6.45, 7) is 0.634. The summed E-state index contributed by atoms with van der Waals surface area (Å²) in [5.41, 5.74) is 6.76. The molecule has 0 fully saturated rings. The van der Waals surface area contributed by atoms with Gasteiger partial charge in [-0.25, -0.2) is 0 Å². The molecule has 0 amide bonds. The van der Waals surface area contributed by atoms with E-state index in [0.29, 0.717) is 6.54 Å². The van der Waals surface area contributed by atoms with Crippen molar-refractivity contribution < 1.29 is 0 Å². The Bertz CT molecular complexity index is 231. The molecule has 1 aromatic rings. The maximum absolute atomic E-state index is 5.45. The van der Waals surface area contributed by atoms with E-state index >= 15 is 0 Å². The van der Waals surface area contributed by atoms with E-state index in [1.165, 1.54) is 9.98 Å². The molecule has 58 valence electrons. The molecule has 0 spiro atoms. The number of hydrogen-bond donors (Lipinski definition) is 1. The van der Waals surface area contributed by atoms with Crippen molar-refractivity contribution in [2.45, 2.75) is 6.42 Å². The van der Waals surface area contributed by atoms with Crippen LogP contribution in [0.4, 0.5) is 0 Å². The first-order chi connectivity index (χ1) is 5.33. The van der Waals surface area contributed by atoms with Crippen LogP contribution in [0.15, 0.2) is 30.3 Å². The van der Waals surface area contributed by atoms with E-state index < -0.39 is 0 Å². The van der Waals surface area contributed by atoms with Crippen molar-refractivity contribution in [3.05, 3.63) is 35.9 Å². The van der Waals surface area contributed by atoms with Crippen LogP contribution in [0, 0.1) is 0 Å². The average molecular weight is 212 g/mol. The van der Waals surface area contributed by atoms with E-state index in [0.717, 1.165) is 6.42 Å². The first-order valence-electron chi connectivity index (χ1n) is 3.58. The third kappa shape index (κ3) is 2.98. The van der Waals surface area contributed by atoms with Crippen LogP contribution in [0.25, 0.3) is 0 Å². The molecular formula is C9H11NSe. The zero-order valence-electron chi connectivity index (χ0n) is 6.29. The summed E-state index contributed by atoms with van der Waals surface area (Å²) >= 11 is 2.97. The summed E-state index contributed by atoms with van der Waals surface area (Å²) in [5.74, 6) is 0. The molecule has 0 saturated heterocycles. The van der Waals surface area contributed by atoms with Crippen LogP contribution < -0.4 is 5.73 Å². The fourth-order valence-corrected chi connectivity index (χ4v) is 1.25. The van der Waals surface area contributed by atoms with Crippen molar-refractivity contribution >= 4 is 20.0 Å². The van der Waals surface area contributed by atoms with Gasteiger partial charge in [0, 0.05) is 0 Å². The summed E-state index contributed by atoms with van der Waals surface area (Å²) in [4.78, 5) is 0. The third-order valence-corrected chi connectivity index (χ3v) is 2.12. The summed E-state index contributed by atoms with van der Waals surface area (Å²) in [6, 6.07) is 10.3. The Labute approximate surface area is 75.0 Å². The molecule has 0 saturated carbocycles. The van der Waals surface area contributed by atoms with Gasteiger partial charge in [-0.1, -0.05) is 0 Å². The van der Waals surface area contributed by atoms with Crippen LogP contribution >= 0.6 is 0 Å². The molecule has 1 nitrogen and oxygen atoms in total. The SMILES string of the molecule is NCC(=[Se])Cc1ccccc1. The minimum absolute atomic E-state index is 0.634. The Kier molecular flexibility index (Phi) is 3.50. The second-order valence-electron chi connectivity index (χ2n) is 2.41. The normalized spacial score (nSPS) is 9.55. The molecule has 0 heterocycles. The van der Waals surface area contributed by atoms with Crippen molar-refractivity contribution in [3.8, 4) is 0 Å². The van der Waals surface area contributed by atoms with Crippen LogP contribution in [0.1, 0.15) is 5.56 Å². The van der Waals surface area contributed by atoms with Gasteiger partial charge in [-0.3, -0.25) is 0 Å². The van der Waals surface area contributed by atoms with Gasteiger partial charge in [0.05, 0.1) is 0 Å². The fourth-order valence-electron chi connectivity index (χ4n) is 0.896. The van der Waals surface area contributed by atoms with Crippen molar-refractivity contribution in [1.82, 2.24) is 0 Å². The number of nitrogens with two attached hydrogens (primary N) is 1. The predicted octanol–water partition coefficient (Wildman–Crippen LogP) is 0.529. The standard InChI is InChI=1S/C9H11NSe/c10-7-9(11)6-8-4-2-1-3-5-8/h1-5H,6-7,10H2. The summed E-state index contributed by atoms with van der Waals surface area (Å²) < 4.78 is 1.20. The first-order valence-corrected chi connectivity index (χ1v) is 4.44. The Morgan fingerprint density at radius 1 is 1.27 bits per heavy atom. The van der Waals surface area contributed by atoms with Crippen LogP contribution in [0.5, 0.6) is 0 Å². The van der Waals surface area contributed by atoms with Gasteiger partial charge in [0.15, 0.2) is 0 Å². The van der Waals surface area contributed by atoms with Crippen molar-refractivity contribution in [2.24, 2.45) is 5.73 Å². The maximum atomic E-state index is 5.45. The van der Waals surface area contributed by atoms with Crippen LogP contribution in [0.3, 0.4) is 0 Å². The van der Waals surface area contributed by atoms with E-state index in [1.54, 1.807) is 0 Å². The topological polar surface area (TPSA) is 26.0 Å². The Balaban J connectivity index is 2.58. The van der Waals surface area contributed by atoms with E-state index in [-0.39, 0.29) is 0 Å². The quantitative estimate of drug-likeness (QED) is 0.726. The van der Waals surface area contributed by atoms with Gasteiger partial charge >= 0.3 is 74.6 Å². The summed E-state index contributed by atoms with van der Waals surface area (Å²) in [6.07, 6.45) is 0.956. The number of benzene rings is 1. The third-order valence-electron chi connectivity index (χ3n) is 1.47. The second-order valence-corrected chi connectivity index (χ2v) is 3.62. The van der Waals surface area contributed by atoms with Crippen molar-refractivity contribution in [3.63, 3.8) is 0 Å². The molecule has 2 heteroatoms. The summed E-state index contributed by atoms with van der Waals surface area (Å²) in [5, 5.41) is 0. The van der Waals surface area contributed by atoms with E-state index in [4.69, 9.17) is 5.73 Å². The molecule has 2 N–H and O–H groups in total. The van der Waals surface area contributed by atoms with E-state index in [2.05, 4.69) is 27.7 Å². The molecule has 0 aliphatic heterocycles. The van der Waals surface area contributed by atoms with Gasteiger partial charge in [-0.15, -0.1) is 0 Å². The molecule has 0 aliphatic carbocycles. The second kappa shape index (κ2) is 4.45. The van der Waals surface area contributed by atoms with Gasteiger partial charge in [0.25, 0.3) is 0 Å². The minimum atomic E-state index is 0.634. The molecule has 1 rings (SSSR count). The Hall–Kier alpha value is -0.431. The Morgan fingerprint density at radius 2 is 1.91 bits per heavy atom. The average Bonchev–Trinajstić information content (AvgIpc) is 2.06. The molecule has 0 bridgehead atoms. The van der Waals surface area contributed by atoms with Gasteiger partial charge in [0.1, 0.15) is 0 Å². The molecule has 0 unspecified atom stereocenters. The number of hydrogen-bond acceptors (Lipinski definition) is 1. The molecule has 0 aliphatic rings. The predicted molar refractivity (Wildman–Crippen MR) is 50.0 cm³/mol. The van der Waals surface area contributed by atoms with E-state index in [9.17, 15) is 0 Å². The molecule has 0 radical (unpaired) electrons. The molecule has 0 aromatic heterocycles. The van der Waals surface area contributed by atoms with Gasteiger partial charge in [-0.2, -0.15) is 0 Å². The van der Waals surface area contributed by atoms with Gasteiger partial charge < -0.3 is 0 Å². The molecular weight excluding hydrogens is 201 g/mol. The van der Waals surface area contributed by atoms with E-state index in [1.807, 2.05) is 18.2 Å². The van der Waals surface area contributed by atoms with Crippen LogP contribution in [0.2, 0.25) is 0 Å². The molecule has 11 heavy (non-hydrogen) atoms. The first kappa shape index (κ1) is 8.66. The Morgan fingerprint density at radius 3 is 2.45 bits per heavy atom. The fraction of sp³-hybridized carbons (Fsp3) is 0.222. The van der Waals surface area contributed by atoms with Crippen molar-refractivity contribution in [1.29, 1.82) is 0 Å². The molecule has 0 atom stereocenters. The van der Waals surface area contributed by atoms with Gasteiger partial charge in [0.2, 0.25) is 0 Å². The van der Waals surface area contributed by atoms with Crippen molar-refractivity contribution in [2.75, 3.05) is 6.54 Å². The monoisotopic (exact) mass is 213 g/mol. The molecule has 1 aromatic carbocycles. The zero-order valence-corrected chi connectivity index (χ0v) is 8.00. The summed E-state index contributed by atoms with van der Waals surface area (Å²) in [7, 11) is 0.